The molecule has 0 aliphatic heterocycles. The van der Waals surface area contributed by atoms with Crippen LogP contribution < -0.4 is 15.8 Å². The second-order valence-corrected chi connectivity index (χ2v) is 5.32. The van der Waals surface area contributed by atoms with Crippen LogP contribution in [-0.2, 0) is 16.0 Å². The van der Waals surface area contributed by atoms with Gasteiger partial charge in [-0.2, -0.15) is 0 Å². The second-order valence-electron chi connectivity index (χ2n) is 4.91. The SMILES string of the molecule is COc1cccc(Cl)c1CC(=O)NC(C(N)=O)c1ccccc1. The van der Waals surface area contributed by atoms with E-state index in [0.717, 1.165) is 0 Å². The molecule has 1 atom stereocenters. The van der Waals surface area contributed by atoms with Crippen molar-refractivity contribution in [1.82, 2.24) is 5.32 Å². The Kier molecular flexibility index (Phi) is 5.60. The molecular weight excluding hydrogens is 316 g/mol. The average molecular weight is 333 g/mol. The smallest absolute Gasteiger partial charge is 0.244 e. The van der Waals surface area contributed by atoms with Gasteiger partial charge >= 0.3 is 0 Å². The number of carbonyl (C=O) groups excluding carboxylic acids is 2. The van der Waals surface area contributed by atoms with Crippen LogP contribution >= 0.6 is 11.6 Å². The molecule has 0 saturated carbocycles. The van der Waals surface area contributed by atoms with E-state index in [2.05, 4.69) is 5.32 Å². The molecule has 3 N–H and O–H groups in total. The molecule has 0 saturated heterocycles. The Morgan fingerprint density at radius 1 is 1.17 bits per heavy atom. The zero-order valence-electron chi connectivity index (χ0n) is 12.6. The maximum absolute atomic E-state index is 12.3. The Morgan fingerprint density at radius 2 is 1.87 bits per heavy atom. The van der Waals surface area contributed by atoms with E-state index in [1.165, 1.54) is 7.11 Å². The minimum atomic E-state index is -0.891. The number of rotatable bonds is 6. The first-order chi connectivity index (χ1) is 11.0. The number of primary amides is 1. The molecule has 0 radical (unpaired) electrons. The molecule has 2 rings (SSSR count). The van der Waals surface area contributed by atoms with Crippen molar-refractivity contribution in [2.45, 2.75) is 12.5 Å². The molecule has 2 aromatic rings. The first-order valence-corrected chi connectivity index (χ1v) is 7.35. The van der Waals surface area contributed by atoms with E-state index in [0.29, 0.717) is 21.9 Å². The predicted molar refractivity (Wildman–Crippen MR) is 88.2 cm³/mol. The number of methoxy groups -OCH3 is 1. The van der Waals surface area contributed by atoms with Crippen molar-refractivity contribution in [1.29, 1.82) is 0 Å². The van der Waals surface area contributed by atoms with Crippen molar-refractivity contribution in [3.63, 3.8) is 0 Å². The molecule has 0 aromatic heterocycles. The van der Waals surface area contributed by atoms with E-state index in [9.17, 15) is 9.59 Å². The Bertz CT molecular complexity index is 704. The molecule has 2 amide bonds. The minimum absolute atomic E-state index is 0.0144. The van der Waals surface area contributed by atoms with Gasteiger partial charge in [-0.15, -0.1) is 0 Å². The lowest BCUT2D eigenvalue weighted by atomic mass is 10.1. The first kappa shape index (κ1) is 16.8. The van der Waals surface area contributed by atoms with Gasteiger partial charge in [0.2, 0.25) is 11.8 Å². The van der Waals surface area contributed by atoms with Crippen molar-refractivity contribution in [3.8, 4) is 5.75 Å². The van der Waals surface area contributed by atoms with E-state index >= 15 is 0 Å². The zero-order valence-corrected chi connectivity index (χ0v) is 13.3. The topological polar surface area (TPSA) is 81.4 Å². The Morgan fingerprint density at radius 3 is 2.48 bits per heavy atom. The van der Waals surface area contributed by atoms with Gasteiger partial charge < -0.3 is 15.8 Å². The van der Waals surface area contributed by atoms with Crippen LogP contribution in [0.3, 0.4) is 0 Å². The third-order valence-electron chi connectivity index (χ3n) is 3.36. The van der Waals surface area contributed by atoms with E-state index in [1.54, 1.807) is 42.5 Å². The highest BCUT2D eigenvalue weighted by molar-refractivity contribution is 6.31. The van der Waals surface area contributed by atoms with Gasteiger partial charge in [-0.3, -0.25) is 9.59 Å². The summed E-state index contributed by atoms with van der Waals surface area (Å²) in [5.74, 6) is -0.484. The molecule has 2 aromatic carbocycles. The number of amides is 2. The molecule has 23 heavy (non-hydrogen) atoms. The Balaban J connectivity index is 2.16. The van der Waals surface area contributed by atoms with Crippen molar-refractivity contribution in [3.05, 3.63) is 64.7 Å². The standard InChI is InChI=1S/C17H17ClN2O3/c1-23-14-9-5-8-13(18)12(14)10-15(21)20-16(17(19)22)11-6-3-2-4-7-11/h2-9,16H,10H2,1H3,(H2,19,22)(H,20,21). The maximum Gasteiger partial charge on any atom is 0.244 e. The summed E-state index contributed by atoms with van der Waals surface area (Å²) >= 11 is 6.12. The third-order valence-corrected chi connectivity index (χ3v) is 3.71. The zero-order chi connectivity index (χ0) is 16.8. The molecule has 5 nitrogen and oxygen atoms in total. The van der Waals surface area contributed by atoms with Crippen molar-refractivity contribution >= 4 is 23.4 Å². The molecule has 0 fully saturated rings. The highest BCUT2D eigenvalue weighted by Gasteiger charge is 2.21. The number of hydrogen-bond donors (Lipinski definition) is 2. The fourth-order valence-corrected chi connectivity index (χ4v) is 2.47. The van der Waals surface area contributed by atoms with Gasteiger partial charge in [0, 0.05) is 10.6 Å². The molecule has 6 heteroatoms. The molecule has 0 spiro atoms. The highest BCUT2D eigenvalue weighted by Crippen LogP contribution is 2.26. The van der Waals surface area contributed by atoms with Crippen LogP contribution in [0.2, 0.25) is 5.02 Å². The van der Waals surface area contributed by atoms with Crippen LogP contribution in [0, 0.1) is 0 Å². The van der Waals surface area contributed by atoms with Crippen molar-refractivity contribution in [2.75, 3.05) is 7.11 Å². The summed E-state index contributed by atoms with van der Waals surface area (Å²) in [6.07, 6.45) is -0.0144. The Hall–Kier alpha value is -2.53. The van der Waals surface area contributed by atoms with Gasteiger partial charge in [-0.05, 0) is 17.7 Å². The number of hydrogen-bond acceptors (Lipinski definition) is 3. The molecular formula is C17H17ClN2O3. The molecule has 1 unspecified atom stereocenters. The summed E-state index contributed by atoms with van der Waals surface area (Å²) in [5.41, 5.74) is 6.58. The fraction of sp³-hybridized carbons (Fsp3) is 0.176. The second kappa shape index (κ2) is 7.65. The van der Waals surface area contributed by atoms with Crippen LogP contribution in [0.25, 0.3) is 0 Å². The fourth-order valence-electron chi connectivity index (χ4n) is 2.24. The summed E-state index contributed by atoms with van der Waals surface area (Å²) in [5, 5.41) is 3.06. The summed E-state index contributed by atoms with van der Waals surface area (Å²) in [6.45, 7) is 0. The van der Waals surface area contributed by atoms with Crippen molar-refractivity contribution < 1.29 is 14.3 Å². The largest absolute Gasteiger partial charge is 0.496 e. The lowest BCUT2D eigenvalue weighted by Crippen LogP contribution is -2.38. The molecule has 120 valence electrons. The van der Waals surface area contributed by atoms with E-state index in [-0.39, 0.29) is 12.3 Å². The number of halogens is 1. The number of carbonyl (C=O) groups is 2. The van der Waals surface area contributed by atoms with E-state index < -0.39 is 11.9 Å². The summed E-state index contributed by atoms with van der Waals surface area (Å²) in [4.78, 5) is 23.9. The highest BCUT2D eigenvalue weighted by atomic mass is 35.5. The maximum atomic E-state index is 12.3. The lowest BCUT2D eigenvalue weighted by molar-refractivity contribution is -0.127. The van der Waals surface area contributed by atoms with E-state index in [4.69, 9.17) is 22.1 Å². The number of nitrogens with one attached hydrogen (secondary N) is 1. The summed E-state index contributed by atoms with van der Waals surface area (Å²) in [6, 6.07) is 13.1. The average Bonchev–Trinajstić information content (AvgIpc) is 2.55. The van der Waals surface area contributed by atoms with Crippen LogP contribution in [-0.4, -0.2) is 18.9 Å². The summed E-state index contributed by atoms with van der Waals surface area (Å²) < 4.78 is 5.21. The molecule has 0 heterocycles. The monoisotopic (exact) mass is 332 g/mol. The van der Waals surface area contributed by atoms with Gasteiger partial charge in [0.25, 0.3) is 0 Å². The van der Waals surface area contributed by atoms with Gasteiger partial charge in [-0.1, -0.05) is 48.0 Å². The van der Waals surface area contributed by atoms with Gasteiger partial charge in [-0.25, -0.2) is 0 Å². The van der Waals surface area contributed by atoms with Crippen LogP contribution in [0.5, 0.6) is 5.75 Å². The van der Waals surface area contributed by atoms with Crippen LogP contribution in [0.15, 0.2) is 48.5 Å². The normalized spacial score (nSPS) is 11.6. The predicted octanol–water partition coefficient (Wildman–Crippen LogP) is 2.23. The van der Waals surface area contributed by atoms with E-state index in [1.807, 2.05) is 6.07 Å². The van der Waals surface area contributed by atoms with Gasteiger partial charge in [0.05, 0.1) is 13.5 Å². The van der Waals surface area contributed by atoms with Gasteiger partial charge in [0.15, 0.2) is 0 Å². The number of ether oxygens (including phenoxy) is 1. The van der Waals surface area contributed by atoms with Crippen molar-refractivity contribution in [2.24, 2.45) is 5.73 Å². The minimum Gasteiger partial charge on any atom is -0.496 e. The first-order valence-electron chi connectivity index (χ1n) is 6.98. The number of benzene rings is 2. The third kappa shape index (κ3) is 4.23. The molecule has 0 bridgehead atoms. The van der Waals surface area contributed by atoms with Crippen LogP contribution in [0.1, 0.15) is 17.2 Å². The van der Waals surface area contributed by atoms with Gasteiger partial charge in [0.1, 0.15) is 11.8 Å². The lowest BCUT2D eigenvalue weighted by Gasteiger charge is -2.17. The quantitative estimate of drug-likeness (QED) is 0.851. The number of nitrogens with two attached hydrogens (primary N) is 1. The molecule has 0 aliphatic rings. The molecule has 0 aliphatic carbocycles. The summed E-state index contributed by atoms with van der Waals surface area (Å²) in [7, 11) is 1.50. The Labute approximate surface area is 139 Å². The van der Waals surface area contributed by atoms with Crippen LogP contribution in [0.4, 0.5) is 0 Å².